The Hall–Kier alpha value is -1.11. The van der Waals surface area contributed by atoms with Gasteiger partial charge in [-0.05, 0) is 20.3 Å². The van der Waals surface area contributed by atoms with Crippen molar-refractivity contribution in [3.05, 3.63) is 0 Å². The highest BCUT2D eigenvalue weighted by Crippen LogP contribution is 2.03. The first-order chi connectivity index (χ1) is 13.6. The third-order valence-corrected chi connectivity index (χ3v) is 4.61. The molecule has 0 saturated carbocycles. The van der Waals surface area contributed by atoms with Crippen molar-refractivity contribution in [2.75, 3.05) is 45.9 Å². The number of carbonyl (C=O) groups is 3. The number of carbonyl (C=O) groups excluding carboxylic acids is 3. The third-order valence-electron chi connectivity index (χ3n) is 4.61. The van der Waals surface area contributed by atoms with Gasteiger partial charge in [0.15, 0.2) is 0 Å². The van der Waals surface area contributed by atoms with Crippen molar-refractivity contribution in [3.8, 4) is 0 Å². The molecule has 6 nitrogen and oxygen atoms in total. The summed E-state index contributed by atoms with van der Waals surface area (Å²) in [5.41, 5.74) is 0. The van der Waals surface area contributed by atoms with Crippen molar-refractivity contribution in [1.82, 2.24) is 9.80 Å². The van der Waals surface area contributed by atoms with Gasteiger partial charge in [0, 0.05) is 31.5 Å². The second-order valence-corrected chi connectivity index (χ2v) is 8.02. The minimum Gasteiger partial charge on any atom is -0.377 e. The van der Waals surface area contributed by atoms with Crippen molar-refractivity contribution in [2.24, 2.45) is 11.8 Å². The lowest BCUT2D eigenvalue weighted by atomic mass is 10.1. The lowest BCUT2D eigenvalue weighted by Crippen LogP contribution is -2.43. The molecule has 0 bridgehead atoms. The van der Waals surface area contributed by atoms with Crippen molar-refractivity contribution < 1.29 is 19.1 Å². The fourth-order valence-electron chi connectivity index (χ4n) is 2.39. The average molecular weight is 415 g/mol. The van der Waals surface area contributed by atoms with Crippen molar-refractivity contribution in [3.63, 3.8) is 0 Å². The maximum absolute atomic E-state index is 12.2. The highest BCUT2D eigenvalue weighted by molar-refractivity contribution is 5.83. The highest BCUT2D eigenvalue weighted by Gasteiger charge is 2.18. The highest BCUT2D eigenvalue weighted by atomic mass is 16.5. The predicted molar refractivity (Wildman–Crippen MR) is 120 cm³/mol. The van der Waals surface area contributed by atoms with E-state index in [1.54, 1.807) is 0 Å². The molecule has 0 rings (SSSR count). The molecule has 1 unspecified atom stereocenters. The summed E-state index contributed by atoms with van der Waals surface area (Å²) in [5.74, 6) is 0.286. The van der Waals surface area contributed by atoms with E-state index < -0.39 is 0 Å². The predicted octanol–water partition coefficient (Wildman–Crippen LogP) is 3.47. The van der Waals surface area contributed by atoms with Crippen LogP contribution in [0.15, 0.2) is 0 Å². The molecule has 0 N–H and O–H groups in total. The molecule has 0 aliphatic carbocycles. The first-order valence-corrected chi connectivity index (χ1v) is 11.2. The van der Waals surface area contributed by atoms with Gasteiger partial charge in [-0.2, -0.15) is 0 Å². The largest absolute Gasteiger partial charge is 0.377 e. The molecule has 172 valence electrons. The van der Waals surface area contributed by atoms with E-state index in [0.29, 0.717) is 32.8 Å². The van der Waals surface area contributed by atoms with Crippen molar-refractivity contribution in [1.29, 1.82) is 0 Å². The summed E-state index contributed by atoms with van der Waals surface area (Å²) in [5, 5.41) is 0. The molecule has 0 aliphatic heterocycles. The van der Waals surface area contributed by atoms with E-state index in [2.05, 4.69) is 11.8 Å². The smallest absolute Gasteiger partial charge is 0.149 e. The summed E-state index contributed by atoms with van der Waals surface area (Å²) >= 11 is 0. The average Bonchev–Trinajstić information content (AvgIpc) is 2.66. The maximum atomic E-state index is 12.2. The van der Waals surface area contributed by atoms with Crippen LogP contribution < -0.4 is 0 Å². The van der Waals surface area contributed by atoms with Crippen LogP contribution >= 0.6 is 0 Å². The van der Waals surface area contributed by atoms with Gasteiger partial charge in [0.2, 0.25) is 0 Å². The zero-order valence-electron chi connectivity index (χ0n) is 20.4. The Morgan fingerprint density at radius 1 is 0.759 bits per heavy atom. The summed E-state index contributed by atoms with van der Waals surface area (Å²) in [7, 11) is 0. The lowest BCUT2D eigenvalue weighted by Gasteiger charge is -2.27. The Labute approximate surface area is 179 Å². The van der Waals surface area contributed by atoms with Crippen LogP contribution in [0.3, 0.4) is 0 Å². The summed E-state index contributed by atoms with van der Waals surface area (Å²) in [6.07, 6.45) is 1.15. The van der Waals surface area contributed by atoms with E-state index in [9.17, 15) is 14.4 Å². The normalized spacial score (nSPS) is 12.3. The van der Waals surface area contributed by atoms with Crippen LogP contribution in [0.1, 0.15) is 68.7 Å². The first kappa shape index (κ1) is 30.1. The zero-order valence-corrected chi connectivity index (χ0v) is 20.4. The topological polar surface area (TPSA) is 66.9 Å². The molecule has 29 heavy (non-hydrogen) atoms. The molecule has 0 spiro atoms. The van der Waals surface area contributed by atoms with Gasteiger partial charge in [0.1, 0.15) is 17.3 Å². The molecule has 0 aromatic heterocycles. The number of ketones is 3. The summed E-state index contributed by atoms with van der Waals surface area (Å²) in [4.78, 5) is 39.8. The number of nitrogens with zero attached hydrogens (tertiary/aromatic N) is 2. The van der Waals surface area contributed by atoms with Crippen LogP contribution in [-0.4, -0.2) is 79.1 Å². The Morgan fingerprint density at radius 2 is 1.21 bits per heavy atom. The number of hydrogen-bond donors (Lipinski definition) is 0. The Bertz CT molecular complexity index is 464. The molecule has 0 aromatic carbocycles. The van der Waals surface area contributed by atoms with Gasteiger partial charge in [-0.15, -0.1) is 0 Å². The van der Waals surface area contributed by atoms with Gasteiger partial charge in [-0.25, -0.2) is 0 Å². The zero-order chi connectivity index (χ0) is 23.0. The van der Waals surface area contributed by atoms with E-state index in [0.717, 1.165) is 6.42 Å². The molecule has 0 fully saturated rings. The number of ether oxygens (including phenoxy) is 1. The molecule has 0 amide bonds. The first-order valence-electron chi connectivity index (χ1n) is 11.2. The molecule has 0 aliphatic rings. The van der Waals surface area contributed by atoms with E-state index in [1.807, 2.05) is 53.4 Å². The van der Waals surface area contributed by atoms with Crippen LogP contribution in [0.5, 0.6) is 0 Å². The van der Waals surface area contributed by atoms with Crippen molar-refractivity contribution >= 4 is 17.3 Å². The second-order valence-electron chi connectivity index (χ2n) is 8.02. The van der Waals surface area contributed by atoms with Crippen LogP contribution in [-0.2, 0) is 19.1 Å². The van der Waals surface area contributed by atoms with Gasteiger partial charge in [0.25, 0.3) is 0 Å². The van der Waals surface area contributed by atoms with Crippen LogP contribution in [0.25, 0.3) is 0 Å². The van der Waals surface area contributed by atoms with Crippen LogP contribution in [0.2, 0.25) is 0 Å². The SMILES string of the molecule is CC.CCC(C)OCCN(CCN(CC(C)=O)CC(=O)C(C)C)CC(=O)C(C)C. The Kier molecular flexibility index (Phi) is 18.4. The van der Waals surface area contributed by atoms with Crippen LogP contribution in [0, 0.1) is 11.8 Å². The molecule has 0 radical (unpaired) electrons. The Balaban J connectivity index is 0. The summed E-state index contributed by atoms with van der Waals surface area (Å²) in [6.45, 7) is 20.5. The molecular formula is C23H46N2O4. The molecule has 0 saturated heterocycles. The monoisotopic (exact) mass is 414 g/mol. The molecule has 6 heteroatoms. The molecule has 0 heterocycles. The fraction of sp³-hybridized carbons (Fsp3) is 0.870. The third kappa shape index (κ3) is 16.4. The van der Waals surface area contributed by atoms with Gasteiger partial charge in [-0.3, -0.25) is 24.2 Å². The fourth-order valence-corrected chi connectivity index (χ4v) is 2.39. The van der Waals surface area contributed by atoms with Gasteiger partial charge in [-0.1, -0.05) is 48.5 Å². The van der Waals surface area contributed by atoms with Gasteiger partial charge < -0.3 is 4.74 Å². The van der Waals surface area contributed by atoms with E-state index >= 15 is 0 Å². The van der Waals surface area contributed by atoms with Gasteiger partial charge >= 0.3 is 0 Å². The summed E-state index contributed by atoms with van der Waals surface area (Å²) in [6, 6.07) is 0. The number of Topliss-reactive ketones (excluding diaryl/α,β-unsaturated/α-hetero) is 3. The van der Waals surface area contributed by atoms with E-state index in [1.165, 1.54) is 6.92 Å². The van der Waals surface area contributed by atoms with Crippen LogP contribution in [0.4, 0.5) is 0 Å². The minimum absolute atomic E-state index is 0.0150. The number of hydrogen-bond acceptors (Lipinski definition) is 6. The standard InChI is InChI=1S/C21H40N2O4.C2H6/c1-8-19(7)27-12-11-22(14-20(25)16(2)3)9-10-23(13-18(6)24)15-21(26)17(4)5;1-2/h16-17,19H,8-15H2,1-7H3;1-2H3. The molecular weight excluding hydrogens is 368 g/mol. The maximum Gasteiger partial charge on any atom is 0.149 e. The lowest BCUT2D eigenvalue weighted by molar-refractivity contribution is -0.126. The van der Waals surface area contributed by atoms with E-state index in [4.69, 9.17) is 4.74 Å². The summed E-state index contributed by atoms with van der Waals surface area (Å²) < 4.78 is 5.76. The minimum atomic E-state index is -0.0537. The van der Waals surface area contributed by atoms with E-state index in [-0.39, 0.29) is 48.4 Å². The quantitative estimate of drug-likeness (QED) is 0.385. The van der Waals surface area contributed by atoms with Crippen molar-refractivity contribution in [2.45, 2.75) is 74.8 Å². The molecule has 1 atom stereocenters. The molecule has 0 aromatic rings. The Morgan fingerprint density at radius 3 is 1.62 bits per heavy atom. The second kappa shape index (κ2) is 17.7. The van der Waals surface area contributed by atoms with Gasteiger partial charge in [0.05, 0.1) is 32.3 Å². The number of rotatable bonds is 16.